The van der Waals surface area contributed by atoms with Crippen LogP contribution in [0.2, 0.25) is 0 Å². The lowest BCUT2D eigenvalue weighted by atomic mass is 9.94. The first kappa shape index (κ1) is 13.2. The number of aryl methyl sites for hydroxylation is 1. The fraction of sp³-hybridized carbons (Fsp3) is 0.571. The second kappa shape index (κ2) is 6.02. The standard InChI is InChI=1S/C14H24N2/c1-6-16-9-14(15-5)13-8-7-10(2)11(3)12(13)4/h7-8,14-16H,6,9H2,1-5H3. The predicted molar refractivity (Wildman–Crippen MR) is 71.0 cm³/mol. The summed E-state index contributed by atoms with van der Waals surface area (Å²) < 4.78 is 0. The van der Waals surface area contributed by atoms with Gasteiger partial charge in [-0.1, -0.05) is 19.1 Å². The molecule has 1 unspecified atom stereocenters. The van der Waals surface area contributed by atoms with Crippen molar-refractivity contribution in [1.82, 2.24) is 10.6 Å². The quantitative estimate of drug-likeness (QED) is 0.796. The van der Waals surface area contributed by atoms with E-state index in [2.05, 4.69) is 50.5 Å². The predicted octanol–water partition coefficient (Wildman–Crippen LogP) is 2.48. The molecule has 0 aliphatic carbocycles. The molecular weight excluding hydrogens is 196 g/mol. The molecule has 1 aromatic carbocycles. The topological polar surface area (TPSA) is 24.1 Å². The fourth-order valence-electron chi connectivity index (χ4n) is 2.01. The third-order valence-electron chi connectivity index (χ3n) is 3.42. The molecule has 1 atom stereocenters. The number of hydrogen-bond acceptors (Lipinski definition) is 2. The Balaban J connectivity index is 2.96. The molecule has 0 saturated carbocycles. The Hall–Kier alpha value is -0.860. The summed E-state index contributed by atoms with van der Waals surface area (Å²) in [5, 5.41) is 6.77. The molecule has 0 heterocycles. The Morgan fingerprint density at radius 2 is 1.81 bits per heavy atom. The molecule has 1 aromatic rings. The summed E-state index contributed by atoms with van der Waals surface area (Å²) in [7, 11) is 2.02. The summed E-state index contributed by atoms with van der Waals surface area (Å²) in [6, 6.07) is 4.86. The van der Waals surface area contributed by atoms with E-state index in [0.717, 1.165) is 13.1 Å². The van der Waals surface area contributed by atoms with Gasteiger partial charge in [-0.15, -0.1) is 0 Å². The third-order valence-corrected chi connectivity index (χ3v) is 3.42. The summed E-state index contributed by atoms with van der Waals surface area (Å²) in [6.45, 7) is 10.7. The highest BCUT2D eigenvalue weighted by Gasteiger charge is 2.12. The SMILES string of the molecule is CCNCC(NC)c1ccc(C)c(C)c1C. The molecule has 0 bridgehead atoms. The Kier molecular flexibility index (Phi) is 4.97. The zero-order valence-electron chi connectivity index (χ0n) is 11.1. The minimum absolute atomic E-state index is 0.402. The minimum Gasteiger partial charge on any atom is -0.315 e. The minimum atomic E-state index is 0.402. The van der Waals surface area contributed by atoms with E-state index in [1.165, 1.54) is 22.3 Å². The van der Waals surface area contributed by atoms with Crippen molar-refractivity contribution in [3.05, 3.63) is 34.4 Å². The van der Waals surface area contributed by atoms with Gasteiger partial charge < -0.3 is 10.6 Å². The van der Waals surface area contributed by atoms with E-state index in [-0.39, 0.29) is 0 Å². The van der Waals surface area contributed by atoms with E-state index in [1.54, 1.807) is 0 Å². The maximum absolute atomic E-state index is 3.40. The second-order valence-corrected chi connectivity index (χ2v) is 4.37. The maximum atomic E-state index is 3.40. The van der Waals surface area contributed by atoms with Crippen LogP contribution in [-0.2, 0) is 0 Å². The van der Waals surface area contributed by atoms with Crippen LogP contribution in [0, 0.1) is 20.8 Å². The lowest BCUT2D eigenvalue weighted by molar-refractivity contribution is 0.536. The summed E-state index contributed by atoms with van der Waals surface area (Å²) >= 11 is 0. The Labute approximate surface area is 99.5 Å². The second-order valence-electron chi connectivity index (χ2n) is 4.37. The van der Waals surface area contributed by atoms with Gasteiger partial charge in [0.2, 0.25) is 0 Å². The van der Waals surface area contributed by atoms with Gasteiger partial charge in [0.15, 0.2) is 0 Å². The van der Waals surface area contributed by atoms with Crippen molar-refractivity contribution in [2.75, 3.05) is 20.1 Å². The normalized spacial score (nSPS) is 12.8. The Bertz CT molecular complexity index is 345. The molecule has 2 heteroatoms. The van der Waals surface area contributed by atoms with Gasteiger partial charge >= 0.3 is 0 Å². The zero-order valence-corrected chi connectivity index (χ0v) is 11.1. The van der Waals surface area contributed by atoms with E-state index >= 15 is 0 Å². The van der Waals surface area contributed by atoms with E-state index in [0.29, 0.717) is 6.04 Å². The van der Waals surface area contributed by atoms with Gasteiger partial charge in [-0.3, -0.25) is 0 Å². The maximum Gasteiger partial charge on any atom is 0.0447 e. The monoisotopic (exact) mass is 220 g/mol. The van der Waals surface area contributed by atoms with Gasteiger partial charge in [0.1, 0.15) is 0 Å². The molecule has 2 nitrogen and oxygen atoms in total. The molecule has 16 heavy (non-hydrogen) atoms. The van der Waals surface area contributed by atoms with Crippen molar-refractivity contribution in [3.8, 4) is 0 Å². The van der Waals surface area contributed by atoms with E-state index in [9.17, 15) is 0 Å². The molecule has 0 aliphatic heterocycles. The first-order valence-corrected chi connectivity index (χ1v) is 6.06. The van der Waals surface area contributed by atoms with Crippen molar-refractivity contribution in [1.29, 1.82) is 0 Å². The Morgan fingerprint density at radius 3 is 2.38 bits per heavy atom. The number of rotatable bonds is 5. The number of hydrogen-bond donors (Lipinski definition) is 2. The van der Waals surface area contributed by atoms with Crippen LogP contribution in [0.15, 0.2) is 12.1 Å². The average molecular weight is 220 g/mol. The summed E-state index contributed by atoms with van der Waals surface area (Å²) in [6.07, 6.45) is 0. The smallest absolute Gasteiger partial charge is 0.0447 e. The van der Waals surface area contributed by atoms with Crippen LogP contribution in [0.25, 0.3) is 0 Å². The van der Waals surface area contributed by atoms with Crippen molar-refractivity contribution in [3.63, 3.8) is 0 Å². The van der Waals surface area contributed by atoms with Crippen LogP contribution in [0.4, 0.5) is 0 Å². The molecule has 1 rings (SSSR count). The molecule has 0 aromatic heterocycles. The van der Waals surface area contributed by atoms with Crippen molar-refractivity contribution in [2.24, 2.45) is 0 Å². The molecule has 0 spiro atoms. The van der Waals surface area contributed by atoms with Gasteiger partial charge in [0, 0.05) is 12.6 Å². The van der Waals surface area contributed by atoms with Crippen molar-refractivity contribution in [2.45, 2.75) is 33.7 Å². The molecule has 0 amide bonds. The molecule has 0 saturated heterocycles. The fourth-order valence-corrected chi connectivity index (χ4v) is 2.01. The van der Waals surface area contributed by atoms with Gasteiger partial charge in [0.25, 0.3) is 0 Å². The largest absolute Gasteiger partial charge is 0.315 e. The molecule has 90 valence electrons. The highest BCUT2D eigenvalue weighted by Crippen LogP contribution is 2.22. The van der Waals surface area contributed by atoms with E-state index in [4.69, 9.17) is 0 Å². The average Bonchev–Trinajstić information content (AvgIpc) is 2.29. The van der Waals surface area contributed by atoms with Crippen LogP contribution in [0.3, 0.4) is 0 Å². The zero-order chi connectivity index (χ0) is 12.1. The molecule has 0 aliphatic rings. The first-order chi connectivity index (χ1) is 7.61. The van der Waals surface area contributed by atoms with Crippen LogP contribution >= 0.6 is 0 Å². The van der Waals surface area contributed by atoms with Crippen LogP contribution in [0.5, 0.6) is 0 Å². The van der Waals surface area contributed by atoms with Gasteiger partial charge in [0.05, 0.1) is 0 Å². The molecule has 0 radical (unpaired) electrons. The first-order valence-electron chi connectivity index (χ1n) is 6.06. The molecular formula is C14H24N2. The number of nitrogens with one attached hydrogen (secondary N) is 2. The lowest BCUT2D eigenvalue weighted by Crippen LogP contribution is -2.30. The van der Waals surface area contributed by atoms with E-state index < -0.39 is 0 Å². The number of benzene rings is 1. The van der Waals surface area contributed by atoms with Crippen molar-refractivity contribution < 1.29 is 0 Å². The lowest BCUT2D eigenvalue weighted by Gasteiger charge is -2.21. The number of likely N-dealkylation sites (N-methyl/N-ethyl adjacent to an activating group) is 2. The highest BCUT2D eigenvalue weighted by molar-refractivity contribution is 5.40. The highest BCUT2D eigenvalue weighted by atomic mass is 15.0. The van der Waals surface area contributed by atoms with E-state index in [1.807, 2.05) is 7.05 Å². The summed E-state index contributed by atoms with van der Waals surface area (Å²) in [5.41, 5.74) is 5.61. The van der Waals surface area contributed by atoms with Crippen LogP contribution in [0.1, 0.15) is 35.2 Å². The van der Waals surface area contributed by atoms with Gasteiger partial charge in [-0.25, -0.2) is 0 Å². The van der Waals surface area contributed by atoms with Crippen molar-refractivity contribution >= 4 is 0 Å². The van der Waals surface area contributed by atoms with Crippen LogP contribution in [-0.4, -0.2) is 20.1 Å². The molecule has 2 N–H and O–H groups in total. The van der Waals surface area contributed by atoms with Gasteiger partial charge in [-0.2, -0.15) is 0 Å². The Morgan fingerprint density at radius 1 is 1.12 bits per heavy atom. The van der Waals surface area contributed by atoms with Gasteiger partial charge in [-0.05, 0) is 56.6 Å². The molecule has 0 fully saturated rings. The third kappa shape index (κ3) is 2.83. The summed E-state index contributed by atoms with van der Waals surface area (Å²) in [5.74, 6) is 0. The summed E-state index contributed by atoms with van der Waals surface area (Å²) in [4.78, 5) is 0. The van der Waals surface area contributed by atoms with Crippen LogP contribution < -0.4 is 10.6 Å².